The van der Waals surface area contributed by atoms with Gasteiger partial charge < -0.3 is 0 Å². The molecule has 2 aromatic heterocycles. The van der Waals surface area contributed by atoms with Gasteiger partial charge in [0.05, 0.1) is 34.7 Å². The van der Waals surface area contributed by atoms with Crippen LogP contribution in [0.25, 0.3) is 11.3 Å². The Morgan fingerprint density at radius 3 is 2.56 bits per heavy atom. The molecule has 4 rings (SSSR count). The first-order valence-electron chi connectivity index (χ1n) is 9.48. The quantitative estimate of drug-likeness (QED) is 0.293. The monoisotopic (exact) mass is 507 g/mol. The minimum absolute atomic E-state index is 0.286. The Hall–Kier alpha value is -2.45. The summed E-state index contributed by atoms with van der Waals surface area (Å²) in [6.45, 7) is 2.27. The molecule has 4 aromatic rings. The minimum atomic E-state index is -0.286. The molecule has 0 bridgehead atoms. The summed E-state index contributed by atoms with van der Waals surface area (Å²) >= 11 is 20.5. The van der Waals surface area contributed by atoms with Gasteiger partial charge in [-0.25, -0.2) is 13.7 Å². The zero-order valence-electron chi connectivity index (χ0n) is 17.1. The van der Waals surface area contributed by atoms with E-state index in [0.29, 0.717) is 32.1 Å². The molecule has 0 atom stereocenters. The second-order valence-corrected chi connectivity index (χ2v) is 8.92. The highest BCUT2D eigenvalue weighted by Gasteiger charge is 2.14. The van der Waals surface area contributed by atoms with E-state index in [4.69, 9.17) is 34.8 Å². The Balaban J connectivity index is 1.70. The molecule has 0 spiro atoms. The lowest BCUT2D eigenvalue weighted by Gasteiger charge is -2.06. The van der Waals surface area contributed by atoms with Gasteiger partial charge in [0, 0.05) is 23.0 Å². The third-order valence-electron chi connectivity index (χ3n) is 4.74. The molecule has 5 nitrogen and oxygen atoms in total. The van der Waals surface area contributed by atoms with Gasteiger partial charge in [-0.2, -0.15) is 10.2 Å². The largest absolute Gasteiger partial charge is 0.261 e. The number of rotatable bonds is 5. The number of halogens is 4. The first kappa shape index (κ1) is 22.7. The fourth-order valence-corrected chi connectivity index (χ4v) is 4.73. The van der Waals surface area contributed by atoms with Gasteiger partial charge in [-0.3, -0.25) is 4.99 Å². The highest BCUT2D eigenvalue weighted by atomic mass is 35.5. The lowest BCUT2D eigenvalue weighted by atomic mass is 10.2. The second-order valence-electron chi connectivity index (χ2n) is 6.88. The molecule has 0 fully saturated rings. The highest BCUT2D eigenvalue weighted by Crippen LogP contribution is 2.30. The van der Waals surface area contributed by atoms with Crippen LogP contribution >= 0.6 is 46.1 Å². The number of benzene rings is 2. The number of hydrogen-bond acceptors (Lipinski definition) is 4. The fourth-order valence-electron chi connectivity index (χ4n) is 3.14. The third kappa shape index (κ3) is 4.66. The first-order chi connectivity index (χ1) is 15.4. The Labute approximate surface area is 203 Å². The van der Waals surface area contributed by atoms with Crippen LogP contribution in [0.4, 0.5) is 4.39 Å². The molecule has 164 valence electrons. The summed E-state index contributed by atoms with van der Waals surface area (Å²) in [6, 6.07) is 11.5. The number of nitrogens with zero attached hydrogens (tertiary/aromatic N) is 5. The smallest absolute Gasteiger partial charge is 0.205 e. The van der Waals surface area contributed by atoms with Crippen molar-refractivity contribution in [1.29, 1.82) is 0 Å². The van der Waals surface area contributed by atoms with E-state index in [2.05, 4.69) is 15.2 Å². The summed E-state index contributed by atoms with van der Waals surface area (Å²) in [6.07, 6.45) is 1.65. The van der Waals surface area contributed by atoms with Crippen LogP contribution in [0.15, 0.2) is 57.9 Å². The van der Waals surface area contributed by atoms with Gasteiger partial charge in [-0.1, -0.05) is 46.9 Å². The topological polar surface area (TPSA) is 47.5 Å². The van der Waals surface area contributed by atoms with Crippen molar-refractivity contribution in [2.24, 2.45) is 10.1 Å². The predicted octanol–water partition coefficient (Wildman–Crippen LogP) is 6.28. The van der Waals surface area contributed by atoms with Crippen molar-refractivity contribution in [1.82, 2.24) is 14.5 Å². The van der Waals surface area contributed by atoms with Gasteiger partial charge in [0.15, 0.2) is 0 Å². The molecule has 10 heteroatoms. The molecule has 0 aliphatic rings. The summed E-state index contributed by atoms with van der Waals surface area (Å²) in [7, 11) is 1.70. The number of aryl methyl sites for hydroxylation is 1. The molecule has 0 saturated heterocycles. The molecular formula is C22H17Cl3FN5S. The molecule has 2 aromatic carbocycles. The summed E-state index contributed by atoms with van der Waals surface area (Å²) in [5.74, 6) is -0.286. The lowest BCUT2D eigenvalue weighted by Crippen LogP contribution is -2.11. The predicted molar refractivity (Wildman–Crippen MR) is 130 cm³/mol. The van der Waals surface area contributed by atoms with Gasteiger partial charge in [0.2, 0.25) is 4.80 Å². The number of hydrogen-bond donors (Lipinski definition) is 0. The molecule has 0 unspecified atom stereocenters. The number of aromatic nitrogens is 3. The molecule has 0 aliphatic heterocycles. The van der Waals surface area contributed by atoms with E-state index >= 15 is 0 Å². The van der Waals surface area contributed by atoms with Crippen molar-refractivity contribution in [3.63, 3.8) is 0 Å². The molecular weight excluding hydrogens is 492 g/mol. The van der Waals surface area contributed by atoms with Crippen molar-refractivity contribution in [2.45, 2.75) is 13.5 Å². The van der Waals surface area contributed by atoms with Crippen molar-refractivity contribution < 1.29 is 4.39 Å². The van der Waals surface area contributed by atoms with E-state index in [1.54, 1.807) is 46.9 Å². The second kappa shape index (κ2) is 9.58. The zero-order valence-corrected chi connectivity index (χ0v) is 20.1. The van der Waals surface area contributed by atoms with Gasteiger partial charge in [0.1, 0.15) is 11.0 Å². The van der Waals surface area contributed by atoms with E-state index in [9.17, 15) is 4.39 Å². The zero-order chi connectivity index (χ0) is 22.8. The maximum Gasteiger partial charge on any atom is 0.205 e. The summed E-state index contributed by atoms with van der Waals surface area (Å²) < 4.78 is 16.5. The molecule has 0 saturated carbocycles. The summed E-state index contributed by atoms with van der Waals surface area (Å²) in [5, 5.41) is 12.6. The van der Waals surface area contributed by atoms with E-state index in [1.807, 2.05) is 18.4 Å². The maximum absolute atomic E-state index is 13.2. The fraction of sp³-hybridized carbons (Fsp3) is 0.136. The van der Waals surface area contributed by atoms with Crippen LogP contribution < -0.4 is 4.80 Å². The van der Waals surface area contributed by atoms with E-state index in [-0.39, 0.29) is 5.82 Å². The molecule has 0 amide bonds. The normalized spacial score (nSPS) is 12.2. The van der Waals surface area contributed by atoms with Crippen LogP contribution in [0, 0.1) is 12.7 Å². The molecule has 32 heavy (non-hydrogen) atoms. The Bertz CT molecular complexity index is 1370. The lowest BCUT2D eigenvalue weighted by molar-refractivity contribution is 0.624. The Morgan fingerprint density at radius 2 is 1.88 bits per heavy atom. The van der Waals surface area contributed by atoms with E-state index < -0.39 is 0 Å². The minimum Gasteiger partial charge on any atom is -0.261 e. The third-order valence-corrected chi connectivity index (χ3v) is 6.59. The van der Waals surface area contributed by atoms with Gasteiger partial charge in [-0.15, -0.1) is 11.3 Å². The van der Waals surface area contributed by atoms with Crippen molar-refractivity contribution in [3.8, 4) is 11.3 Å². The van der Waals surface area contributed by atoms with E-state index in [0.717, 1.165) is 22.5 Å². The van der Waals surface area contributed by atoms with Crippen LogP contribution in [-0.2, 0) is 6.54 Å². The number of thiazole rings is 1. The Kier molecular flexibility index (Phi) is 6.81. The highest BCUT2D eigenvalue weighted by molar-refractivity contribution is 7.07. The standard InChI is InChI=1S/C22H17Cl3FN5S/c1-13-18(21(25)30(29-13)11-14-3-6-16(26)7-4-14)10-28-31-20(12-32-22(31)27-2)17-8-5-15(23)9-19(17)24/h3-10,12H,11H2,1-2H3/b27-22?,28-10+. The first-order valence-corrected chi connectivity index (χ1v) is 11.5. The average Bonchev–Trinajstić information content (AvgIpc) is 3.28. The van der Waals surface area contributed by atoms with Crippen LogP contribution in [0.2, 0.25) is 15.2 Å². The van der Waals surface area contributed by atoms with Crippen molar-refractivity contribution in [3.05, 3.63) is 90.5 Å². The molecule has 0 aliphatic carbocycles. The van der Waals surface area contributed by atoms with Gasteiger partial charge >= 0.3 is 0 Å². The Morgan fingerprint density at radius 1 is 1.12 bits per heavy atom. The summed E-state index contributed by atoms with van der Waals surface area (Å²) in [4.78, 5) is 4.99. The van der Waals surface area contributed by atoms with E-state index in [1.165, 1.54) is 23.5 Å². The molecule has 2 heterocycles. The van der Waals surface area contributed by atoms with Crippen LogP contribution in [-0.4, -0.2) is 27.7 Å². The van der Waals surface area contributed by atoms with Gasteiger partial charge in [0.25, 0.3) is 0 Å². The van der Waals surface area contributed by atoms with Crippen LogP contribution in [0.3, 0.4) is 0 Å². The molecule has 0 radical (unpaired) electrons. The summed E-state index contributed by atoms with van der Waals surface area (Å²) in [5.41, 5.74) is 3.86. The van der Waals surface area contributed by atoms with Gasteiger partial charge in [-0.05, 0) is 42.8 Å². The van der Waals surface area contributed by atoms with Crippen molar-refractivity contribution >= 4 is 52.4 Å². The SMILES string of the molecule is CN=c1scc(-c2ccc(Cl)cc2Cl)n1/N=C/c1c(C)nn(Cc2ccc(F)cc2)c1Cl. The maximum atomic E-state index is 13.2. The van der Waals surface area contributed by atoms with Crippen LogP contribution in [0.5, 0.6) is 0 Å². The van der Waals surface area contributed by atoms with Crippen LogP contribution in [0.1, 0.15) is 16.8 Å². The molecule has 0 N–H and O–H groups in total. The van der Waals surface area contributed by atoms with Crippen molar-refractivity contribution in [2.75, 3.05) is 7.05 Å². The average molecular weight is 509 g/mol.